The summed E-state index contributed by atoms with van der Waals surface area (Å²) in [5.74, 6) is 0. The van der Waals surface area contributed by atoms with Crippen molar-refractivity contribution >= 4 is 0 Å². The molecule has 1 heterocycles. The fraction of sp³-hybridized carbons (Fsp3) is 1.00. The Morgan fingerprint density at radius 3 is 2.27 bits per heavy atom. The molecule has 1 aliphatic heterocycles. The van der Waals surface area contributed by atoms with Gasteiger partial charge >= 0.3 is 0 Å². The first kappa shape index (κ1) is 9.01. The fourth-order valence-electron chi connectivity index (χ4n) is 1.66. The Bertz CT molecular complexity index is 117. The van der Waals surface area contributed by atoms with Crippen LogP contribution in [0.15, 0.2) is 0 Å². The lowest BCUT2D eigenvalue weighted by Gasteiger charge is -2.36. The molecule has 0 bridgehead atoms. The van der Waals surface area contributed by atoms with Crippen LogP contribution in [0.4, 0.5) is 0 Å². The van der Waals surface area contributed by atoms with Gasteiger partial charge in [0.1, 0.15) is 0 Å². The zero-order chi connectivity index (χ0) is 8.32. The predicted molar refractivity (Wildman–Crippen MR) is 46.7 cm³/mol. The molecule has 1 rings (SSSR count). The van der Waals surface area contributed by atoms with Crippen LogP contribution in [0.2, 0.25) is 0 Å². The third-order valence-electron chi connectivity index (χ3n) is 2.23. The minimum atomic E-state index is 0.326. The number of rotatable bonds is 2. The Hall–Kier alpha value is -0.0800. The molecule has 0 atom stereocenters. The molecule has 11 heavy (non-hydrogen) atoms. The van der Waals surface area contributed by atoms with E-state index >= 15 is 0 Å². The van der Waals surface area contributed by atoms with Crippen molar-refractivity contribution in [1.82, 2.24) is 5.32 Å². The molecular formula is C9H19NO. The van der Waals surface area contributed by atoms with Crippen LogP contribution in [0, 0.1) is 0 Å². The van der Waals surface area contributed by atoms with E-state index in [1.54, 1.807) is 0 Å². The van der Waals surface area contributed by atoms with Gasteiger partial charge in [0.05, 0.1) is 0 Å². The first-order valence-corrected chi connectivity index (χ1v) is 4.48. The average Bonchev–Trinajstić information content (AvgIpc) is 1.85. The van der Waals surface area contributed by atoms with Crippen LogP contribution < -0.4 is 5.32 Å². The Balaban J connectivity index is 2.37. The highest BCUT2D eigenvalue weighted by Crippen LogP contribution is 2.19. The van der Waals surface area contributed by atoms with Crippen LogP contribution in [-0.2, 0) is 4.74 Å². The summed E-state index contributed by atoms with van der Waals surface area (Å²) in [6.07, 6.45) is 2.29. The molecule has 0 aliphatic carbocycles. The molecule has 66 valence electrons. The molecule has 0 unspecified atom stereocenters. The van der Waals surface area contributed by atoms with Crippen molar-refractivity contribution in [2.45, 2.75) is 45.2 Å². The van der Waals surface area contributed by atoms with E-state index in [1.807, 2.05) is 0 Å². The third kappa shape index (κ3) is 2.80. The largest absolute Gasteiger partial charge is 0.381 e. The molecule has 1 aliphatic rings. The van der Waals surface area contributed by atoms with Crippen LogP contribution in [0.3, 0.4) is 0 Å². The highest BCUT2D eigenvalue weighted by atomic mass is 16.5. The van der Waals surface area contributed by atoms with E-state index in [2.05, 4.69) is 26.1 Å². The van der Waals surface area contributed by atoms with Crippen molar-refractivity contribution in [2.24, 2.45) is 0 Å². The maximum Gasteiger partial charge on any atom is 0.0483 e. The lowest BCUT2D eigenvalue weighted by molar-refractivity contribution is 0.0422. The number of hydrogen-bond acceptors (Lipinski definition) is 2. The second-order valence-corrected chi connectivity index (χ2v) is 3.97. The summed E-state index contributed by atoms with van der Waals surface area (Å²) in [5, 5.41) is 3.58. The molecule has 1 N–H and O–H groups in total. The Kier molecular flexibility index (Phi) is 2.90. The second kappa shape index (κ2) is 3.55. The summed E-state index contributed by atoms with van der Waals surface area (Å²) >= 11 is 0. The molecule has 0 saturated carbocycles. The third-order valence-corrected chi connectivity index (χ3v) is 2.23. The van der Waals surface area contributed by atoms with Gasteiger partial charge in [0.25, 0.3) is 0 Å². The standard InChI is InChI=1S/C9H19NO/c1-8(2)10-9(3)4-6-11-7-5-9/h8,10H,4-7H2,1-3H3. The topological polar surface area (TPSA) is 21.3 Å². The minimum absolute atomic E-state index is 0.326. The number of hydrogen-bond donors (Lipinski definition) is 1. The van der Waals surface area contributed by atoms with E-state index < -0.39 is 0 Å². The minimum Gasteiger partial charge on any atom is -0.381 e. The molecule has 2 heteroatoms. The van der Waals surface area contributed by atoms with Gasteiger partial charge in [0.2, 0.25) is 0 Å². The molecule has 0 aromatic heterocycles. The summed E-state index contributed by atoms with van der Waals surface area (Å²) < 4.78 is 5.31. The van der Waals surface area contributed by atoms with E-state index in [-0.39, 0.29) is 0 Å². The van der Waals surface area contributed by atoms with E-state index in [1.165, 1.54) is 0 Å². The summed E-state index contributed by atoms with van der Waals surface area (Å²) in [5.41, 5.74) is 0.326. The Morgan fingerprint density at radius 1 is 1.27 bits per heavy atom. The summed E-state index contributed by atoms with van der Waals surface area (Å²) in [7, 11) is 0. The van der Waals surface area contributed by atoms with Gasteiger partial charge < -0.3 is 10.1 Å². The van der Waals surface area contributed by atoms with Gasteiger partial charge in [-0.25, -0.2) is 0 Å². The second-order valence-electron chi connectivity index (χ2n) is 3.97. The van der Waals surface area contributed by atoms with E-state index in [0.29, 0.717) is 11.6 Å². The normalized spacial score (nSPS) is 24.0. The van der Waals surface area contributed by atoms with Crippen LogP contribution in [0.5, 0.6) is 0 Å². The van der Waals surface area contributed by atoms with Gasteiger partial charge in [0, 0.05) is 24.8 Å². The Labute approximate surface area is 69.3 Å². The quantitative estimate of drug-likeness (QED) is 0.656. The van der Waals surface area contributed by atoms with Crippen molar-refractivity contribution < 1.29 is 4.74 Å². The van der Waals surface area contributed by atoms with E-state index in [0.717, 1.165) is 26.1 Å². The van der Waals surface area contributed by atoms with Gasteiger partial charge in [-0.15, -0.1) is 0 Å². The highest BCUT2D eigenvalue weighted by molar-refractivity contribution is 4.86. The zero-order valence-corrected chi connectivity index (χ0v) is 7.81. The molecule has 0 spiro atoms. The lowest BCUT2D eigenvalue weighted by Crippen LogP contribution is -2.49. The monoisotopic (exact) mass is 157 g/mol. The molecule has 1 saturated heterocycles. The summed E-state index contributed by atoms with van der Waals surface area (Å²) in [4.78, 5) is 0. The molecule has 0 aromatic carbocycles. The summed E-state index contributed by atoms with van der Waals surface area (Å²) in [6, 6.07) is 0.582. The predicted octanol–water partition coefficient (Wildman–Crippen LogP) is 1.55. The molecule has 0 radical (unpaired) electrons. The van der Waals surface area contributed by atoms with Crippen LogP contribution in [0.1, 0.15) is 33.6 Å². The highest BCUT2D eigenvalue weighted by Gasteiger charge is 2.26. The first-order valence-electron chi connectivity index (χ1n) is 4.48. The average molecular weight is 157 g/mol. The molecular weight excluding hydrogens is 138 g/mol. The lowest BCUT2D eigenvalue weighted by atomic mass is 9.92. The van der Waals surface area contributed by atoms with Crippen molar-refractivity contribution in [1.29, 1.82) is 0 Å². The van der Waals surface area contributed by atoms with Crippen molar-refractivity contribution in [3.8, 4) is 0 Å². The molecule has 1 fully saturated rings. The van der Waals surface area contributed by atoms with Gasteiger partial charge in [-0.1, -0.05) is 13.8 Å². The van der Waals surface area contributed by atoms with Crippen molar-refractivity contribution in [3.63, 3.8) is 0 Å². The first-order chi connectivity index (χ1) is 5.12. The molecule has 0 aromatic rings. The number of ether oxygens (including phenoxy) is 1. The molecule has 0 amide bonds. The molecule has 2 nitrogen and oxygen atoms in total. The maximum atomic E-state index is 5.31. The smallest absolute Gasteiger partial charge is 0.0483 e. The van der Waals surface area contributed by atoms with Crippen molar-refractivity contribution in [3.05, 3.63) is 0 Å². The van der Waals surface area contributed by atoms with Crippen LogP contribution >= 0.6 is 0 Å². The van der Waals surface area contributed by atoms with Gasteiger partial charge in [-0.05, 0) is 19.8 Å². The van der Waals surface area contributed by atoms with Crippen LogP contribution in [-0.4, -0.2) is 24.8 Å². The summed E-state index contributed by atoms with van der Waals surface area (Å²) in [6.45, 7) is 8.50. The van der Waals surface area contributed by atoms with Crippen molar-refractivity contribution in [2.75, 3.05) is 13.2 Å². The zero-order valence-electron chi connectivity index (χ0n) is 7.81. The SMILES string of the molecule is CC(C)NC1(C)CCOCC1. The van der Waals surface area contributed by atoms with Gasteiger partial charge in [-0.2, -0.15) is 0 Å². The maximum absolute atomic E-state index is 5.31. The van der Waals surface area contributed by atoms with E-state index in [9.17, 15) is 0 Å². The van der Waals surface area contributed by atoms with Crippen LogP contribution in [0.25, 0.3) is 0 Å². The van der Waals surface area contributed by atoms with Gasteiger partial charge in [-0.3, -0.25) is 0 Å². The van der Waals surface area contributed by atoms with Gasteiger partial charge in [0.15, 0.2) is 0 Å². The van der Waals surface area contributed by atoms with E-state index in [4.69, 9.17) is 4.74 Å². The Morgan fingerprint density at radius 2 is 1.82 bits per heavy atom. The fourth-order valence-corrected chi connectivity index (χ4v) is 1.66. The number of nitrogens with one attached hydrogen (secondary N) is 1.